The molecule has 2 saturated heterocycles. The first-order valence-corrected chi connectivity index (χ1v) is 11.0. The predicted molar refractivity (Wildman–Crippen MR) is 109 cm³/mol. The maximum atomic E-state index is 10.9. The van der Waals surface area contributed by atoms with Gasteiger partial charge in [0.25, 0.3) is 0 Å². The van der Waals surface area contributed by atoms with E-state index in [4.69, 9.17) is 9.47 Å². The van der Waals surface area contributed by atoms with Crippen LogP contribution >= 0.6 is 27.3 Å². The van der Waals surface area contributed by atoms with Gasteiger partial charge < -0.3 is 14.6 Å². The summed E-state index contributed by atoms with van der Waals surface area (Å²) in [4.78, 5) is 8.39. The lowest BCUT2D eigenvalue weighted by atomic mass is 9.97. The lowest BCUT2D eigenvalue weighted by Gasteiger charge is -2.41. The van der Waals surface area contributed by atoms with Crippen molar-refractivity contribution in [2.75, 3.05) is 26.3 Å². The molecule has 1 aromatic carbocycles. The molecule has 0 aliphatic carbocycles. The van der Waals surface area contributed by atoms with Crippen molar-refractivity contribution in [2.45, 2.75) is 31.6 Å². The average Bonchev–Trinajstić information content (AvgIpc) is 3.35. The summed E-state index contributed by atoms with van der Waals surface area (Å²) in [5, 5.41) is 15.3. The second-order valence-electron chi connectivity index (χ2n) is 7.24. The number of thiazole rings is 1. The highest BCUT2D eigenvalue weighted by Crippen LogP contribution is 2.43. The topological polar surface area (TPSA) is 72.1 Å². The molecule has 0 unspecified atom stereocenters. The Morgan fingerprint density at radius 3 is 2.68 bits per heavy atom. The van der Waals surface area contributed by atoms with E-state index in [-0.39, 0.29) is 11.9 Å². The first-order valence-electron chi connectivity index (χ1n) is 9.37. The third-order valence-electron chi connectivity index (χ3n) is 5.46. The summed E-state index contributed by atoms with van der Waals surface area (Å²) in [5.74, 6) is 0.394. The molecule has 2 fully saturated rings. The molecule has 28 heavy (non-hydrogen) atoms. The van der Waals surface area contributed by atoms with Crippen molar-refractivity contribution in [1.82, 2.24) is 19.5 Å². The SMILES string of the molecule is Cc1nc2sc([C@@H](c3cccc(Br)c3)N3CCC4(CC3)OCCO4)c(O)n2n1. The highest BCUT2D eigenvalue weighted by Gasteiger charge is 2.42. The van der Waals surface area contributed by atoms with E-state index in [1.165, 1.54) is 15.9 Å². The zero-order chi connectivity index (χ0) is 19.3. The largest absolute Gasteiger partial charge is 0.492 e. The number of hydrogen-bond donors (Lipinski definition) is 1. The number of benzene rings is 1. The normalized spacial score (nSPS) is 20.9. The number of fused-ring (bicyclic) bond motifs is 1. The Balaban J connectivity index is 1.53. The molecule has 1 atom stereocenters. The minimum atomic E-state index is -0.428. The molecule has 2 aliphatic heterocycles. The molecule has 7 nitrogen and oxygen atoms in total. The van der Waals surface area contributed by atoms with E-state index in [0.29, 0.717) is 24.0 Å². The van der Waals surface area contributed by atoms with Gasteiger partial charge in [-0.05, 0) is 24.6 Å². The third-order valence-corrected chi connectivity index (χ3v) is 7.02. The zero-order valence-corrected chi connectivity index (χ0v) is 17.9. The van der Waals surface area contributed by atoms with Gasteiger partial charge in [-0.25, -0.2) is 4.98 Å². The van der Waals surface area contributed by atoms with Gasteiger partial charge in [-0.1, -0.05) is 39.4 Å². The Morgan fingerprint density at radius 2 is 2.00 bits per heavy atom. The van der Waals surface area contributed by atoms with Crippen LogP contribution in [0.5, 0.6) is 5.88 Å². The van der Waals surface area contributed by atoms with Crippen LogP contribution in [0, 0.1) is 6.92 Å². The molecule has 0 amide bonds. The van der Waals surface area contributed by atoms with Crippen LogP contribution in [-0.4, -0.2) is 56.7 Å². The number of ether oxygens (including phenoxy) is 2. The van der Waals surface area contributed by atoms with Crippen molar-refractivity contribution in [3.63, 3.8) is 0 Å². The van der Waals surface area contributed by atoms with Gasteiger partial charge in [0, 0.05) is 30.4 Å². The lowest BCUT2D eigenvalue weighted by Crippen LogP contribution is -2.46. The number of halogens is 1. The summed E-state index contributed by atoms with van der Waals surface area (Å²) >= 11 is 5.07. The number of aryl methyl sites for hydroxylation is 1. The van der Waals surface area contributed by atoms with Crippen LogP contribution in [0.1, 0.15) is 35.1 Å². The number of rotatable bonds is 3. The number of aromatic hydroxyl groups is 1. The number of nitrogens with zero attached hydrogens (tertiary/aromatic N) is 4. The van der Waals surface area contributed by atoms with E-state index >= 15 is 0 Å². The zero-order valence-electron chi connectivity index (χ0n) is 15.5. The van der Waals surface area contributed by atoms with Gasteiger partial charge in [0.05, 0.1) is 24.1 Å². The fourth-order valence-electron chi connectivity index (χ4n) is 4.14. The quantitative estimate of drug-likeness (QED) is 0.639. The maximum Gasteiger partial charge on any atom is 0.230 e. The highest BCUT2D eigenvalue weighted by atomic mass is 79.9. The van der Waals surface area contributed by atoms with Crippen molar-refractivity contribution < 1.29 is 14.6 Å². The van der Waals surface area contributed by atoms with Crippen molar-refractivity contribution in [3.05, 3.63) is 45.0 Å². The van der Waals surface area contributed by atoms with E-state index < -0.39 is 5.79 Å². The van der Waals surface area contributed by atoms with E-state index in [1.54, 1.807) is 0 Å². The molecule has 5 rings (SSSR count). The van der Waals surface area contributed by atoms with Crippen LogP contribution in [0.4, 0.5) is 0 Å². The molecule has 148 valence electrons. The molecule has 2 aliphatic rings. The summed E-state index contributed by atoms with van der Waals surface area (Å²) in [6.45, 7) is 4.81. The third kappa shape index (κ3) is 3.15. The van der Waals surface area contributed by atoms with Crippen LogP contribution in [0.25, 0.3) is 4.96 Å². The van der Waals surface area contributed by atoms with Gasteiger partial charge in [0.1, 0.15) is 5.82 Å². The summed E-state index contributed by atoms with van der Waals surface area (Å²) < 4.78 is 14.3. The van der Waals surface area contributed by atoms with E-state index in [1.807, 2.05) is 19.1 Å². The second-order valence-corrected chi connectivity index (χ2v) is 9.17. The monoisotopic (exact) mass is 464 g/mol. The fourth-order valence-corrected chi connectivity index (χ4v) is 5.72. The second kappa shape index (κ2) is 7.07. The highest BCUT2D eigenvalue weighted by molar-refractivity contribution is 9.10. The molecule has 1 N–H and O–H groups in total. The summed E-state index contributed by atoms with van der Waals surface area (Å²) in [6.07, 6.45) is 1.64. The average molecular weight is 465 g/mol. The molecular formula is C19H21BrN4O3S. The van der Waals surface area contributed by atoms with Crippen molar-refractivity contribution in [3.8, 4) is 5.88 Å². The Bertz CT molecular complexity index is 1000. The fraction of sp³-hybridized carbons (Fsp3) is 0.474. The smallest absolute Gasteiger partial charge is 0.230 e. The lowest BCUT2D eigenvalue weighted by molar-refractivity contribution is -0.187. The van der Waals surface area contributed by atoms with Crippen LogP contribution in [0.2, 0.25) is 0 Å². The summed E-state index contributed by atoms with van der Waals surface area (Å²) in [6, 6.07) is 8.17. The number of hydrogen-bond acceptors (Lipinski definition) is 7. The van der Waals surface area contributed by atoms with Gasteiger partial charge in [0.15, 0.2) is 5.79 Å². The van der Waals surface area contributed by atoms with Crippen molar-refractivity contribution >= 4 is 32.2 Å². The molecule has 0 radical (unpaired) electrons. The van der Waals surface area contributed by atoms with Crippen LogP contribution < -0.4 is 0 Å². The molecular weight excluding hydrogens is 444 g/mol. The number of likely N-dealkylation sites (tertiary alicyclic amines) is 1. The van der Waals surface area contributed by atoms with Crippen LogP contribution in [0.15, 0.2) is 28.7 Å². The van der Waals surface area contributed by atoms with Gasteiger partial charge in [-0.2, -0.15) is 4.52 Å². The van der Waals surface area contributed by atoms with Crippen LogP contribution in [-0.2, 0) is 9.47 Å². The maximum absolute atomic E-state index is 10.9. The van der Waals surface area contributed by atoms with Crippen LogP contribution in [0.3, 0.4) is 0 Å². The van der Waals surface area contributed by atoms with Gasteiger partial charge in [-0.3, -0.25) is 4.90 Å². The summed E-state index contributed by atoms with van der Waals surface area (Å²) in [5.41, 5.74) is 1.12. The van der Waals surface area contributed by atoms with Crippen molar-refractivity contribution in [1.29, 1.82) is 0 Å². The minimum absolute atomic E-state index is 0.0786. The van der Waals surface area contributed by atoms with Gasteiger partial charge in [-0.15, -0.1) is 5.10 Å². The van der Waals surface area contributed by atoms with Gasteiger partial charge in [0.2, 0.25) is 10.8 Å². The first kappa shape index (κ1) is 18.5. The van der Waals surface area contributed by atoms with E-state index in [9.17, 15) is 5.11 Å². The van der Waals surface area contributed by atoms with Gasteiger partial charge >= 0.3 is 0 Å². The Hall–Kier alpha value is -1.52. The Kier molecular flexibility index (Phi) is 4.67. The minimum Gasteiger partial charge on any atom is -0.492 e. The van der Waals surface area contributed by atoms with E-state index in [0.717, 1.165) is 40.8 Å². The molecule has 3 aromatic rings. The number of piperidine rings is 1. The molecule has 2 aromatic heterocycles. The molecule has 9 heteroatoms. The standard InChI is InChI=1S/C19H21BrN4O3S/c1-12-21-18-24(22-12)17(25)16(28-18)15(13-3-2-4-14(20)11-13)23-7-5-19(6-8-23)26-9-10-27-19/h2-4,11,15,25H,5-10H2,1H3/t15-/m1/s1. The molecule has 0 saturated carbocycles. The Labute approximate surface area is 175 Å². The molecule has 0 bridgehead atoms. The first-order chi connectivity index (χ1) is 13.5. The van der Waals surface area contributed by atoms with E-state index in [2.05, 4.69) is 43.0 Å². The number of aromatic nitrogens is 3. The molecule has 1 spiro atoms. The Morgan fingerprint density at radius 1 is 1.25 bits per heavy atom. The van der Waals surface area contributed by atoms with Crippen molar-refractivity contribution in [2.24, 2.45) is 0 Å². The predicted octanol–water partition coefficient (Wildman–Crippen LogP) is 3.50. The summed E-state index contributed by atoms with van der Waals surface area (Å²) in [7, 11) is 0. The molecule has 4 heterocycles.